The Morgan fingerprint density at radius 1 is 1.00 bits per heavy atom. The molecule has 0 unspecified atom stereocenters. The van der Waals surface area contributed by atoms with E-state index in [9.17, 15) is 0 Å². The third-order valence-corrected chi connectivity index (χ3v) is 5.55. The second-order valence-electron chi connectivity index (χ2n) is 5.93. The molecule has 1 fully saturated rings. The summed E-state index contributed by atoms with van der Waals surface area (Å²) in [5, 5.41) is 5.77. The largest absolute Gasteiger partial charge is 0.319 e. The number of nitrogens with two attached hydrogens (primary N) is 1. The number of aromatic nitrogens is 1. The second kappa shape index (κ2) is 4.93. The Kier molecular flexibility index (Phi) is 3.05. The van der Waals surface area contributed by atoms with Gasteiger partial charge in [0.15, 0.2) is 0 Å². The van der Waals surface area contributed by atoms with Crippen molar-refractivity contribution >= 4 is 22.1 Å². The summed E-state index contributed by atoms with van der Waals surface area (Å²) in [6.45, 7) is 0. The molecule has 1 aliphatic rings. The topological polar surface area (TPSA) is 38.9 Å². The Morgan fingerprint density at radius 2 is 1.76 bits per heavy atom. The van der Waals surface area contributed by atoms with Crippen molar-refractivity contribution in [2.24, 2.45) is 5.73 Å². The predicted octanol–water partition coefficient (Wildman–Crippen LogP) is 4.69. The minimum atomic E-state index is -0.187. The van der Waals surface area contributed by atoms with Gasteiger partial charge in [0.25, 0.3) is 0 Å². The number of rotatable bonds is 2. The van der Waals surface area contributed by atoms with Crippen LogP contribution in [0.1, 0.15) is 30.7 Å². The number of hydrogen-bond donors (Lipinski definition) is 1. The van der Waals surface area contributed by atoms with E-state index in [1.165, 1.54) is 29.2 Å². The lowest BCUT2D eigenvalue weighted by Crippen LogP contribution is -2.32. The van der Waals surface area contributed by atoms with E-state index in [0.717, 1.165) is 23.5 Å². The summed E-state index contributed by atoms with van der Waals surface area (Å²) in [5.41, 5.74) is 8.61. The molecule has 3 aromatic rings. The fourth-order valence-corrected chi connectivity index (χ4v) is 4.29. The first kappa shape index (κ1) is 13.0. The third-order valence-electron chi connectivity index (χ3n) is 4.49. The van der Waals surface area contributed by atoms with Crippen molar-refractivity contribution in [2.75, 3.05) is 0 Å². The van der Waals surface area contributed by atoms with Crippen LogP contribution >= 0.6 is 11.3 Å². The van der Waals surface area contributed by atoms with Crippen LogP contribution in [0.2, 0.25) is 0 Å². The number of nitrogens with zero attached hydrogens (tertiary/aromatic N) is 1. The van der Waals surface area contributed by atoms with Gasteiger partial charge in [-0.15, -0.1) is 11.3 Å². The van der Waals surface area contributed by atoms with E-state index in [4.69, 9.17) is 10.7 Å². The summed E-state index contributed by atoms with van der Waals surface area (Å²) < 4.78 is 0. The standard InChI is InChI=1S/C18H18N2S/c19-18(10-3-4-11-18)17-20-16(12-21-17)15-9-5-7-13-6-1-2-8-14(13)15/h1-2,5-9,12H,3-4,10-11,19H2. The molecule has 1 aliphatic carbocycles. The van der Waals surface area contributed by atoms with Gasteiger partial charge in [-0.05, 0) is 23.6 Å². The average Bonchev–Trinajstić information content (AvgIpc) is 3.16. The van der Waals surface area contributed by atoms with Gasteiger partial charge in [-0.1, -0.05) is 55.3 Å². The lowest BCUT2D eigenvalue weighted by Gasteiger charge is -2.19. The molecule has 1 saturated carbocycles. The van der Waals surface area contributed by atoms with Crippen molar-refractivity contribution in [3.63, 3.8) is 0 Å². The van der Waals surface area contributed by atoms with Crippen LogP contribution in [-0.2, 0) is 5.54 Å². The molecule has 0 aliphatic heterocycles. The van der Waals surface area contributed by atoms with Crippen molar-refractivity contribution in [3.8, 4) is 11.3 Å². The van der Waals surface area contributed by atoms with Crippen molar-refractivity contribution in [3.05, 3.63) is 52.9 Å². The van der Waals surface area contributed by atoms with Crippen LogP contribution < -0.4 is 5.73 Å². The summed E-state index contributed by atoms with van der Waals surface area (Å²) in [6.07, 6.45) is 4.57. The molecule has 1 aromatic heterocycles. The van der Waals surface area contributed by atoms with Gasteiger partial charge in [-0.25, -0.2) is 4.98 Å². The Labute approximate surface area is 128 Å². The zero-order chi connectivity index (χ0) is 14.3. The van der Waals surface area contributed by atoms with E-state index in [-0.39, 0.29) is 5.54 Å². The molecule has 21 heavy (non-hydrogen) atoms. The molecule has 4 rings (SSSR count). The lowest BCUT2D eigenvalue weighted by atomic mass is 10.00. The van der Waals surface area contributed by atoms with Gasteiger partial charge >= 0.3 is 0 Å². The van der Waals surface area contributed by atoms with Crippen LogP contribution in [0.4, 0.5) is 0 Å². The van der Waals surface area contributed by atoms with Crippen molar-refractivity contribution in [2.45, 2.75) is 31.2 Å². The highest BCUT2D eigenvalue weighted by Crippen LogP contribution is 2.39. The molecular formula is C18H18N2S. The van der Waals surface area contributed by atoms with Crippen LogP contribution in [-0.4, -0.2) is 4.98 Å². The van der Waals surface area contributed by atoms with Crippen LogP contribution in [0.3, 0.4) is 0 Å². The first-order valence-corrected chi connectivity index (χ1v) is 8.37. The van der Waals surface area contributed by atoms with E-state index in [2.05, 4.69) is 47.8 Å². The Hall–Kier alpha value is -1.71. The molecule has 1 heterocycles. The zero-order valence-electron chi connectivity index (χ0n) is 11.9. The molecule has 0 spiro atoms. The number of fused-ring (bicyclic) bond motifs is 1. The molecular weight excluding hydrogens is 276 g/mol. The minimum Gasteiger partial charge on any atom is -0.319 e. The van der Waals surface area contributed by atoms with Gasteiger partial charge in [-0.2, -0.15) is 0 Å². The summed E-state index contributed by atoms with van der Waals surface area (Å²) in [6, 6.07) is 14.9. The maximum Gasteiger partial charge on any atom is 0.113 e. The van der Waals surface area contributed by atoms with Crippen LogP contribution in [0.25, 0.3) is 22.0 Å². The highest BCUT2D eigenvalue weighted by molar-refractivity contribution is 7.10. The van der Waals surface area contributed by atoms with E-state index in [0.29, 0.717) is 0 Å². The quantitative estimate of drug-likeness (QED) is 0.744. The Morgan fingerprint density at radius 3 is 2.62 bits per heavy atom. The predicted molar refractivity (Wildman–Crippen MR) is 89.4 cm³/mol. The van der Waals surface area contributed by atoms with Crippen LogP contribution in [0, 0.1) is 0 Å². The average molecular weight is 294 g/mol. The van der Waals surface area contributed by atoms with Gasteiger partial charge in [0.1, 0.15) is 5.01 Å². The molecule has 3 heteroatoms. The number of thiazole rings is 1. The summed E-state index contributed by atoms with van der Waals surface area (Å²) in [5.74, 6) is 0. The highest BCUT2D eigenvalue weighted by Gasteiger charge is 2.34. The Bertz CT molecular complexity index is 779. The molecule has 2 nitrogen and oxygen atoms in total. The van der Waals surface area contributed by atoms with Crippen molar-refractivity contribution in [1.82, 2.24) is 4.98 Å². The van der Waals surface area contributed by atoms with E-state index < -0.39 is 0 Å². The van der Waals surface area contributed by atoms with Gasteiger partial charge in [0, 0.05) is 10.9 Å². The van der Waals surface area contributed by atoms with Crippen LogP contribution in [0.5, 0.6) is 0 Å². The summed E-state index contributed by atoms with van der Waals surface area (Å²) in [7, 11) is 0. The number of hydrogen-bond acceptors (Lipinski definition) is 3. The summed E-state index contributed by atoms with van der Waals surface area (Å²) in [4.78, 5) is 4.88. The van der Waals surface area contributed by atoms with E-state index in [1.807, 2.05) is 0 Å². The molecule has 2 aromatic carbocycles. The zero-order valence-corrected chi connectivity index (χ0v) is 12.7. The minimum absolute atomic E-state index is 0.187. The molecule has 2 N–H and O–H groups in total. The number of benzene rings is 2. The maximum absolute atomic E-state index is 6.53. The maximum atomic E-state index is 6.53. The summed E-state index contributed by atoms with van der Waals surface area (Å²) >= 11 is 1.71. The smallest absolute Gasteiger partial charge is 0.113 e. The van der Waals surface area contributed by atoms with Gasteiger partial charge < -0.3 is 5.73 Å². The third kappa shape index (κ3) is 2.17. The van der Waals surface area contributed by atoms with Crippen LogP contribution in [0.15, 0.2) is 47.8 Å². The molecule has 106 valence electrons. The first-order valence-electron chi connectivity index (χ1n) is 7.49. The van der Waals surface area contributed by atoms with Gasteiger partial charge in [-0.3, -0.25) is 0 Å². The van der Waals surface area contributed by atoms with Crippen molar-refractivity contribution < 1.29 is 0 Å². The van der Waals surface area contributed by atoms with E-state index >= 15 is 0 Å². The lowest BCUT2D eigenvalue weighted by molar-refractivity contribution is 0.459. The monoisotopic (exact) mass is 294 g/mol. The molecule has 0 atom stereocenters. The molecule has 0 amide bonds. The fourth-order valence-electron chi connectivity index (χ4n) is 3.29. The normalized spacial score (nSPS) is 17.4. The van der Waals surface area contributed by atoms with E-state index in [1.54, 1.807) is 11.3 Å². The van der Waals surface area contributed by atoms with Crippen molar-refractivity contribution in [1.29, 1.82) is 0 Å². The molecule has 0 saturated heterocycles. The Balaban J connectivity index is 1.81. The molecule has 0 radical (unpaired) electrons. The SMILES string of the molecule is NC1(c2nc(-c3cccc4ccccc34)cs2)CCCC1. The second-order valence-corrected chi connectivity index (χ2v) is 6.79. The van der Waals surface area contributed by atoms with Gasteiger partial charge in [0.05, 0.1) is 11.2 Å². The van der Waals surface area contributed by atoms with Gasteiger partial charge in [0.2, 0.25) is 0 Å². The fraction of sp³-hybridized carbons (Fsp3) is 0.278. The highest BCUT2D eigenvalue weighted by atomic mass is 32.1. The molecule has 0 bridgehead atoms. The first-order chi connectivity index (χ1) is 10.3.